The minimum Gasteiger partial charge on any atom is -0.352 e. The lowest BCUT2D eigenvalue weighted by atomic mass is 9.97. The zero-order valence-electron chi connectivity index (χ0n) is 13.5. The van der Waals surface area contributed by atoms with Crippen molar-refractivity contribution in [3.05, 3.63) is 57.8 Å². The van der Waals surface area contributed by atoms with Crippen molar-refractivity contribution in [1.29, 1.82) is 0 Å². The third kappa shape index (κ3) is 3.05. The first-order chi connectivity index (χ1) is 10.8. The maximum Gasteiger partial charge on any atom is 0.416 e. The van der Waals surface area contributed by atoms with Crippen molar-refractivity contribution >= 4 is 5.82 Å². The molecular formula is C18H19F3N2. The Kier molecular flexibility index (Phi) is 3.82. The van der Waals surface area contributed by atoms with Crippen LogP contribution in [0.2, 0.25) is 0 Å². The highest BCUT2D eigenvalue weighted by atomic mass is 19.4. The number of halogens is 3. The second kappa shape index (κ2) is 5.55. The molecule has 0 bridgehead atoms. The Morgan fingerprint density at radius 2 is 1.78 bits per heavy atom. The summed E-state index contributed by atoms with van der Waals surface area (Å²) < 4.78 is 38.4. The molecule has 0 radical (unpaired) electrons. The zero-order chi connectivity index (χ0) is 16.8. The number of nitrogens with zero attached hydrogens (tertiary/aromatic N) is 2. The van der Waals surface area contributed by atoms with E-state index in [1.807, 2.05) is 13.8 Å². The van der Waals surface area contributed by atoms with Crippen LogP contribution in [0, 0.1) is 20.8 Å². The predicted octanol–water partition coefficient (Wildman–Crippen LogP) is 4.59. The first-order valence-electron chi connectivity index (χ1n) is 7.64. The van der Waals surface area contributed by atoms with Gasteiger partial charge < -0.3 is 4.90 Å². The number of hydrogen-bond acceptors (Lipinski definition) is 2. The van der Waals surface area contributed by atoms with E-state index in [1.165, 1.54) is 23.3 Å². The van der Waals surface area contributed by atoms with Crippen molar-refractivity contribution in [3.63, 3.8) is 0 Å². The fourth-order valence-electron chi connectivity index (χ4n) is 2.96. The van der Waals surface area contributed by atoms with Crippen LogP contribution < -0.4 is 4.90 Å². The van der Waals surface area contributed by atoms with E-state index in [0.717, 1.165) is 22.6 Å². The molecule has 2 nitrogen and oxygen atoms in total. The Morgan fingerprint density at radius 3 is 2.43 bits per heavy atom. The summed E-state index contributed by atoms with van der Waals surface area (Å²) in [6.07, 6.45) is -3.67. The Bertz CT molecular complexity index is 727. The maximum absolute atomic E-state index is 12.8. The number of pyridine rings is 1. The van der Waals surface area contributed by atoms with Crippen LogP contribution in [0.25, 0.3) is 0 Å². The van der Waals surface area contributed by atoms with E-state index in [9.17, 15) is 13.2 Å². The molecule has 1 aromatic carbocycles. The second-order valence-electron chi connectivity index (χ2n) is 6.16. The van der Waals surface area contributed by atoms with Gasteiger partial charge in [0.1, 0.15) is 5.82 Å². The minimum absolute atomic E-state index is 0.565. The zero-order valence-corrected chi connectivity index (χ0v) is 13.5. The minimum atomic E-state index is -4.28. The fraction of sp³-hybridized carbons (Fsp3) is 0.389. The molecule has 5 heteroatoms. The van der Waals surface area contributed by atoms with Crippen LogP contribution in [0.3, 0.4) is 0 Å². The van der Waals surface area contributed by atoms with E-state index in [2.05, 4.69) is 22.9 Å². The van der Waals surface area contributed by atoms with Gasteiger partial charge in [0.15, 0.2) is 0 Å². The standard InChI is InChI=1S/C18H19F3N2/c1-11-8-17(22-13(3)12(11)2)23-7-6-14-9-16(18(19,20)21)5-4-15(14)10-23/h4-5,8-9H,6-7,10H2,1-3H3. The van der Waals surface area contributed by atoms with E-state index in [-0.39, 0.29) is 0 Å². The van der Waals surface area contributed by atoms with Crippen LogP contribution in [-0.4, -0.2) is 11.5 Å². The van der Waals surface area contributed by atoms with E-state index in [0.29, 0.717) is 19.5 Å². The van der Waals surface area contributed by atoms with Gasteiger partial charge in [0.25, 0.3) is 0 Å². The summed E-state index contributed by atoms with van der Waals surface area (Å²) in [6, 6.07) is 6.10. The summed E-state index contributed by atoms with van der Waals surface area (Å²) in [5.41, 5.74) is 4.54. The summed E-state index contributed by atoms with van der Waals surface area (Å²) in [5.74, 6) is 0.899. The number of rotatable bonds is 1. The SMILES string of the molecule is Cc1cc(N2CCc3cc(C(F)(F)F)ccc3C2)nc(C)c1C. The topological polar surface area (TPSA) is 16.1 Å². The molecule has 2 heterocycles. The lowest BCUT2D eigenvalue weighted by Crippen LogP contribution is -2.31. The van der Waals surface area contributed by atoms with E-state index in [1.54, 1.807) is 6.07 Å². The van der Waals surface area contributed by atoms with Gasteiger partial charge in [0, 0.05) is 18.8 Å². The van der Waals surface area contributed by atoms with E-state index >= 15 is 0 Å². The number of aromatic nitrogens is 1. The Balaban J connectivity index is 1.89. The number of fused-ring (bicyclic) bond motifs is 1. The number of benzene rings is 1. The predicted molar refractivity (Wildman–Crippen MR) is 84.6 cm³/mol. The largest absolute Gasteiger partial charge is 0.416 e. The van der Waals surface area contributed by atoms with Gasteiger partial charge in [-0.15, -0.1) is 0 Å². The highest BCUT2D eigenvalue weighted by Gasteiger charge is 2.31. The number of aryl methyl sites for hydroxylation is 2. The average molecular weight is 320 g/mol. The summed E-state index contributed by atoms with van der Waals surface area (Å²) in [4.78, 5) is 6.77. The third-order valence-corrected chi connectivity index (χ3v) is 4.63. The van der Waals surface area contributed by atoms with Crippen LogP contribution in [0.5, 0.6) is 0 Å². The van der Waals surface area contributed by atoms with Gasteiger partial charge in [-0.1, -0.05) is 6.07 Å². The molecule has 0 fully saturated rings. The summed E-state index contributed by atoms with van der Waals surface area (Å²) in [7, 11) is 0. The molecule has 1 aromatic heterocycles. The van der Waals surface area contributed by atoms with E-state index < -0.39 is 11.7 Å². The molecule has 0 spiro atoms. The van der Waals surface area contributed by atoms with Crippen LogP contribution in [0.4, 0.5) is 19.0 Å². The quantitative estimate of drug-likeness (QED) is 0.764. The average Bonchev–Trinajstić information content (AvgIpc) is 2.50. The molecule has 0 amide bonds. The molecule has 122 valence electrons. The van der Waals surface area contributed by atoms with Crippen LogP contribution in [0.15, 0.2) is 24.3 Å². The second-order valence-corrected chi connectivity index (χ2v) is 6.16. The normalized spacial score (nSPS) is 14.8. The van der Waals surface area contributed by atoms with Crippen molar-refractivity contribution < 1.29 is 13.2 Å². The first kappa shape index (κ1) is 15.8. The Morgan fingerprint density at radius 1 is 1.04 bits per heavy atom. The van der Waals surface area contributed by atoms with Gasteiger partial charge in [-0.3, -0.25) is 0 Å². The van der Waals surface area contributed by atoms with Gasteiger partial charge in [0.05, 0.1) is 5.56 Å². The molecule has 23 heavy (non-hydrogen) atoms. The van der Waals surface area contributed by atoms with E-state index in [4.69, 9.17) is 0 Å². The molecule has 1 aliphatic heterocycles. The number of alkyl halides is 3. The number of anilines is 1. The van der Waals surface area contributed by atoms with Crippen molar-refractivity contribution in [3.8, 4) is 0 Å². The van der Waals surface area contributed by atoms with Gasteiger partial charge in [-0.2, -0.15) is 13.2 Å². The molecule has 2 aromatic rings. The molecular weight excluding hydrogens is 301 g/mol. The maximum atomic E-state index is 12.8. The summed E-state index contributed by atoms with van der Waals surface area (Å²) in [6.45, 7) is 7.37. The summed E-state index contributed by atoms with van der Waals surface area (Å²) in [5, 5.41) is 0. The Hall–Kier alpha value is -2.04. The molecule has 0 saturated carbocycles. The van der Waals surface area contributed by atoms with Gasteiger partial charge in [-0.05, 0) is 67.6 Å². The molecule has 0 unspecified atom stereocenters. The van der Waals surface area contributed by atoms with Crippen LogP contribution in [0.1, 0.15) is 33.5 Å². The smallest absolute Gasteiger partial charge is 0.352 e. The van der Waals surface area contributed by atoms with Gasteiger partial charge in [-0.25, -0.2) is 4.98 Å². The van der Waals surface area contributed by atoms with Gasteiger partial charge >= 0.3 is 6.18 Å². The molecule has 0 saturated heterocycles. The fourth-order valence-corrected chi connectivity index (χ4v) is 2.96. The summed E-state index contributed by atoms with van der Waals surface area (Å²) >= 11 is 0. The van der Waals surface area contributed by atoms with Crippen molar-refractivity contribution in [2.45, 2.75) is 39.9 Å². The van der Waals surface area contributed by atoms with Crippen molar-refractivity contribution in [1.82, 2.24) is 4.98 Å². The molecule has 1 aliphatic rings. The number of hydrogen-bond donors (Lipinski definition) is 0. The molecule has 0 atom stereocenters. The highest BCUT2D eigenvalue weighted by molar-refractivity contribution is 5.49. The highest BCUT2D eigenvalue weighted by Crippen LogP contribution is 2.33. The third-order valence-electron chi connectivity index (χ3n) is 4.63. The molecule has 0 aliphatic carbocycles. The van der Waals surface area contributed by atoms with Crippen molar-refractivity contribution in [2.24, 2.45) is 0 Å². The monoisotopic (exact) mass is 320 g/mol. The molecule has 0 N–H and O–H groups in total. The van der Waals surface area contributed by atoms with Gasteiger partial charge in [0.2, 0.25) is 0 Å². The molecule has 3 rings (SSSR count). The lowest BCUT2D eigenvalue weighted by Gasteiger charge is -2.31. The lowest BCUT2D eigenvalue weighted by molar-refractivity contribution is -0.137. The van der Waals surface area contributed by atoms with Crippen LogP contribution in [-0.2, 0) is 19.1 Å². The first-order valence-corrected chi connectivity index (χ1v) is 7.64. The Labute approximate surface area is 134 Å². The van der Waals surface area contributed by atoms with Crippen molar-refractivity contribution in [2.75, 3.05) is 11.4 Å². The van der Waals surface area contributed by atoms with Crippen LogP contribution >= 0.6 is 0 Å².